The third kappa shape index (κ3) is 3.84. The molecule has 0 unspecified atom stereocenters. The highest BCUT2D eigenvalue weighted by Crippen LogP contribution is 2.30. The molecule has 6 rings (SSSR count). The number of aromatic nitrogens is 4. The fourth-order valence-electron chi connectivity index (χ4n) is 4.21. The molecule has 4 heterocycles. The summed E-state index contributed by atoms with van der Waals surface area (Å²) >= 11 is 0. The first kappa shape index (κ1) is 21.8. The van der Waals surface area contributed by atoms with Crippen molar-refractivity contribution >= 4 is 39.1 Å². The molecule has 3 aromatic heterocycles. The Labute approximate surface area is 200 Å². The van der Waals surface area contributed by atoms with E-state index in [2.05, 4.69) is 25.3 Å². The Kier molecular flexibility index (Phi) is 4.82. The Morgan fingerprint density at radius 2 is 1.89 bits per heavy atom. The van der Waals surface area contributed by atoms with E-state index in [-0.39, 0.29) is 22.9 Å². The van der Waals surface area contributed by atoms with Crippen molar-refractivity contribution in [1.29, 1.82) is 0 Å². The second-order valence-corrected chi connectivity index (χ2v) is 8.63. The number of pyridine rings is 1. The van der Waals surface area contributed by atoms with Gasteiger partial charge in [-0.05, 0) is 41.8 Å². The maximum absolute atomic E-state index is 14.5. The molecule has 3 N–H and O–H groups in total. The van der Waals surface area contributed by atoms with Crippen LogP contribution in [-0.4, -0.2) is 49.8 Å². The molecule has 0 radical (unpaired) electrons. The van der Waals surface area contributed by atoms with E-state index in [1.165, 1.54) is 6.20 Å². The second-order valence-electron chi connectivity index (χ2n) is 8.63. The molecule has 180 valence electrons. The van der Waals surface area contributed by atoms with Gasteiger partial charge in [-0.25, -0.2) is 23.1 Å². The van der Waals surface area contributed by atoms with Gasteiger partial charge in [0.25, 0.3) is 17.4 Å². The van der Waals surface area contributed by atoms with Gasteiger partial charge in [-0.1, -0.05) is 12.1 Å². The summed E-state index contributed by atoms with van der Waals surface area (Å²) < 4.78 is 40.8. The quantitative estimate of drug-likeness (QED) is 0.345. The average molecular weight is 490 g/mol. The van der Waals surface area contributed by atoms with E-state index in [0.29, 0.717) is 32.9 Å². The van der Waals surface area contributed by atoms with Crippen molar-refractivity contribution in [3.8, 4) is 11.4 Å². The van der Waals surface area contributed by atoms with Crippen LogP contribution in [0.5, 0.6) is 0 Å². The number of carbonyl (C=O) groups excluding carboxylic acids is 1. The van der Waals surface area contributed by atoms with Gasteiger partial charge in [0.15, 0.2) is 17.5 Å². The monoisotopic (exact) mass is 490 g/mol. The summed E-state index contributed by atoms with van der Waals surface area (Å²) in [5.41, 5.74) is 1.67. The number of H-pyrrole nitrogens is 2. The molecule has 5 aromatic rings. The zero-order chi connectivity index (χ0) is 25.0. The molecule has 11 heteroatoms. The molecule has 1 aliphatic heterocycles. The zero-order valence-electron chi connectivity index (χ0n) is 18.5. The number of aromatic amines is 2. The molecule has 2 aromatic carbocycles. The van der Waals surface area contributed by atoms with E-state index in [9.17, 15) is 22.8 Å². The number of amides is 1. The fourth-order valence-corrected chi connectivity index (χ4v) is 4.21. The van der Waals surface area contributed by atoms with Crippen molar-refractivity contribution < 1.29 is 18.0 Å². The number of carbonyl (C=O) groups is 1. The summed E-state index contributed by atoms with van der Waals surface area (Å²) in [6.45, 7) is -1.20. The van der Waals surface area contributed by atoms with Gasteiger partial charge in [0.05, 0.1) is 19.3 Å². The highest BCUT2D eigenvalue weighted by atomic mass is 19.3. The summed E-state index contributed by atoms with van der Waals surface area (Å²) in [5, 5.41) is 4.82. The second kappa shape index (κ2) is 7.94. The summed E-state index contributed by atoms with van der Waals surface area (Å²) in [4.78, 5) is 39.4. The number of hydrogen-bond donors (Lipinski definition) is 3. The van der Waals surface area contributed by atoms with Crippen LogP contribution in [0.15, 0.2) is 65.7 Å². The number of alkyl halides is 2. The van der Waals surface area contributed by atoms with E-state index in [0.717, 1.165) is 11.1 Å². The van der Waals surface area contributed by atoms with Crippen LogP contribution in [0.4, 0.5) is 24.7 Å². The van der Waals surface area contributed by atoms with Gasteiger partial charge in [0.1, 0.15) is 5.69 Å². The van der Waals surface area contributed by atoms with Crippen LogP contribution in [-0.2, 0) is 0 Å². The number of rotatable bonds is 4. The number of fused-ring (bicyclic) bond motifs is 2. The predicted molar refractivity (Wildman–Crippen MR) is 128 cm³/mol. The minimum Gasteiger partial charge on any atom is -0.351 e. The summed E-state index contributed by atoms with van der Waals surface area (Å²) in [5.74, 6) is -3.82. The topological polar surface area (TPSA) is 107 Å². The largest absolute Gasteiger partial charge is 0.351 e. The Hall–Kier alpha value is -4.67. The van der Waals surface area contributed by atoms with E-state index in [4.69, 9.17) is 0 Å². The van der Waals surface area contributed by atoms with Crippen LogP contribution in [0.3, 0.4) is 0 Å². The van der Waals surface area contributed by atoms with Gasteiger partial charge in [0, 0.05) is 33.7 Å². The smallest absolute Gasteiger partial charge is 0.282 e. The van der Waals surface area contributed by atoms with Crippen LogP contribution in [0.1, 0.15) is 10.5 Å². The zero-order valence-corrected chi connectivity index (χ0v) is 18.5. The summed E-state index contributed by atoms with van der Waals surface area (Å²) in [7, 11) is 0. The highest BCUT2D eigenvalue weighted by Gasteiger charge is 2.46. The van der Waals surface area contributed by atoms with Gasteiger partial charge in [-0.15, -0.1) is 0 Å². The van der Waals surface area contributed by atoms with E-state index in [1.54, 1.807) is 48.5 Å². The number of halogens is 3. The van der Waals surface area contributed by atoms with Crippen molar-refractivity contribution in [3.63, 3.8) is 0 Å². The van der Waals surface area contributed by atoms with Gasteiger partial charge >= 0.3 is 0 Å². The van der Waals surface area contributed by atoms with Crippen LogP contribution < -0.4 is 10.9 Å². The molecule has 36 heavy (non-hydrogen) atoms. The van der Waals surface area contributed by atoms with Gasteiger partial charge in [-0.3, -0.25) is 9.59 Å². The fraction of sp³-hybridized carbons (Fsp3) is 0.120. The number of anilines is 2. The standard InChI is InChI=1S/C25H17F3N6O2/c26-18-10-30-21(33-22(18)31-16-3-4-17-13(7-16)5-6-29-23(17)35)15-2-1-14-8-20(32-19(14)9-15)24(36)34-11-25(27,28)12-34/h1-10,32H,11-12H2,(H,29,35)(H,30,31,33). The minimum atomic E-state index is -2.84. The number of nitrogens with one attached hydrogen (secondary N) is 3. The van der Waals surface area contributed by atoms with Crippen LogP contribution in [0.2, 0.25) is 0 Å². The Bertz CT molecular complexity index is 1720. The Morgan fingerprint density at radius 3 is 2.69 bits per heavy atom. The molecule has 0 aliphatic carbocycles. The molecule has 0 atom stereocenters. The third-order valence-electron chi connectivity index (χ3n) is 6.02. The van der Waals surface area contributed by atoms with E-state index in [1.807, 2.05) is 0 Å². The first-order valence-corrected chi connectivity index (χ1v) is 11.0. The van der Waals surface area contributed by atoms with Gasteiger partial charge in [-0.2, -0.15) is 0 Å². The maximum atomic E-state index is 14.5. The number of benzene rings is 2. The number of hydrogen-bond acceptors (Lipinski definition) is 5. The van der Waals surface area contributed by atoms with Crippen molar-refractivity contribution in [3.05, 3.63) is 82.8 Å². The molecule has 1 amide bonds. The highest BCUT2D eigenvalue weighted by molar-refractivity contribution is 5.99. The molecule has 0 bridgehead atoms. The predicted octanol–water partition coefficient (Wildman–Crippen LogP) is 4.44. The summed E-state index contributed by atoms with van der Waals surface area (Å²) in [6, 6.07) is 13.5. The van der Waals surface area contributed by atoms with Gasteiger partial charge in [0.2, 0.25) is 0 Å². The molecule has 0 spiro atoms. The van der Waals surface area contributed by atoms with Crippen LogP contribution in [0, 0.1) is 5.82 Å². The summed E-state index contributed by atoms with van der Waals surface area (Å²) in [6.07, 6.45) is 2.58. The lowest BCUT2D eigenvalue weighted by molar-refractivity contribution is -0.113. The molecule has 8 nitrogen and oxygen atoms in total. The maximum Gasteiger partial charge on any atom is 0.282 e. The number of nitrogens with zero attached hydrogens (tertiary/aromatic N) is 3. The lowest BCUT2D eigenvalue weighted by Crippen LogP contribution is -2.58. The molecule has 1 fully saturated rings. The third-order valence-corrected chi connectivity index (χ3v) is 6.02. The average Bonchev–Trinajstić information content (AvgIpc) is 3.27. The first-order valence-electron chi connectivity index (χ1n) is 11.0. The Balaban J connectivity index is 1.28. The molecule has 1 aliphatic rings. The molecular weight excluding hydrogens is 473 g/mol. The van der Waals surface area contributed by atoms with Gasteiger partial charge < -0.3 is 20.2 Å². The van der Waals surface area contributed by atoms with Crippen molar-refractivity contribution in [1.82, 2.24) is 24.8 Å². The first-order chi connectivity index (χ1) is 17.3. The molecule has 1 saturated heterocycles. The van der Waals surface area contributed by atoms with E-state index < -0.39 is 30.7 Å². The lowest BCUT2D eigenvalue weighted by atomic mass is 10.1. The van der Waals surface area contributed by atoms with Crippen LogP contribution in [0.25, 0.3) is 33.1 Å². The SMILES string of the molecule is O=C(c1cc2ccc(-c3ncc(F)c(Nc4ccc5c(=O)[nH]ccc5c4)n3)cc2[nH]1)N1CC(F)(F)C1. The Morgan fingerprint density at radius 1 is 1.06 bits per heavy atom. The van der Waals surface area contributed by atoms with Crippen molar-refractivity contribution in [2.24, 2.45) is 0 Å². The van der Waals surface area contributed by atoms with Crippen LogP contribution >= 0.6 is 0 Å². The normalized spacial score (nSPS) is 14.7. The molecule has 0 saturated carbocycles. The van der Waals surface area contributed by atoms with E-state index >= 15 is 0 Å². The lowest BCUT2D eigenvalue weighted by Gasteiger charge is -2.38. The van der Waals surface area contributed by atoms with Crippen molar-refractivity contribution in [2.45, 2.75) is 5.92 Å². The molecular formula is C25H17F3N6O2. The number of likely N-dealkylation sites (tertiary alicyclic amines) is 1. The minimum absolute atomic E-state index is 0.0506. The van der Waals surface area contributed by atoms with Crippen molar-refractivity contribution in [2.75, 3.05) is 18.4 Å².